The Balaban J connectivity index is 1.82. The maximum atomic E-state index is 13.4. The van der Waals surface area contributed by atoms with Crippen molar-refractivity contribution in [2.24, 2.45) is 0 Å². The number of hydrogen-bond acceptors (Lipinski definition) is 3. The van der Waals surface area contributed by atoms with E-state index in [-0.39, 0.29) is 5.82 Å². The van der Waals surface area contributed by atoms with Crippen LogP contribution in [-0.2, 0) is 11.3 Å². The number of fused-ring (bicyclic) bond motifs is 2. The van der Waals surface area contributed by atoms with E-state index in [4.69, 9.17) is 4.74 Å². The highest BCUT2D eigenvalue weighted by Gasteiger charge is 2.40. The van der Waals surface area contributed by atoms with E-state index in [2.05, 4.69) is 4.90 Å². The van der Waals surface area contributed by atoms with Crippen molar-refractivity contribution in [2.75, 3.05) is 7.11 Å². The Labute approximate surface area is 112 Å². The molecule has 2 aliphatic heterocycles. The van der Waals surface area contributed by atoms with Gasteiger partial charge in [-0.3, -0.25) is 9.69 Å². The van der Waals surface area contributed by atoms with Gasteiger partial charge in [0.1, 0.15) is 17.3 Å². The maximum absolute atomic E-state index is 13.4. The van der Waals surface area contributed by atoms with Crippen molar-refractivity contribution in [1.82, 2.24) is 4.90 Å². The molecule has 1 aromatic rings. The SMILES string of the molecule is COc1ccc(F)cc1CN1C2CCC1CC(=O)C2. The molecule has 2 atom stereocenters. The molecule has 102 valence electrons. The minimum Gasteiger partial charge on any atom is -0.496 e. The summed E-state index contributed by atoms with van der Waals surface area (Å²) in [6, 6.07) is 5.28. The number of ether oxygens (including phenoxy) is 1. The lowest BCUT2D eigenvalue weighted by molar-refractivity contribution is -0.123. The van der Waals surface area contributed by atoms with Crippen LogP contribution < -0.4 is 4.74 Å². The van der Waals surface area contributed by atoms with Crippen LogP contribution in [-0.4, -0.2) is 29.9 Å². The van der Waals surface area contributed by atoms with E-state index in [1.165, 1.54) is 12.1 Å². The highest BCUT2D eigenvalue weighted by atomic mass is 19.1. The Kier molecular flexibility index (Phi) is 3.27. The molecular formula is C15H18FNO2. The van der Waals surface area contributed by atoms with Crippen LogP contribution in [0.1, 0.15) is 31.2 Å². The lowest BCUT2D eigenvalue weighted by Crippen LogP contribution is -2.42. The average molecular weight is 263 g/mol. The molecule has 4 heteroatoms. The van der Waals surface area contributed by atoms with Crippen molar-refractivity contribution >= 4 is 5.78 Å². The highest BCUT2D eigenvalue weighted by Crippen LogP contribution is 2.36. The van der Waals surface area contributed by atoms with Crippen LogP contribution in [0.3, 0.4) is 0 Å². The van der Waals surface area contributed by atoms with E-state index in [1.807, 2.05) is 0 Å². The topological polar surface area (TPSA) is 29.5 Å². The predicted octanol–water partition coefficient (Wildman–Crippen LogP) is 2.53. The van der Waals surface area contributed by atoms with Crippen molar-refractivity contribution in [2.45, 2.75) is 44.3 Å². The molecule has 0 aliphatic carbocycles. The third-order valence-corrected chi connectivity index (χ3v) is 4.29. The first-order valence-electron chi connectivity index (χ1n) is 6.77. The van der Waals surface area contributed by atoms with Gasteiger partial charge in [0.15, 0.2) is 0 Å². The Morgan fingerprint density at radius 1 is 1.32 bits per heavy atom. The number of methoxy groups -OCH3 is 1. The second-order valence-corrected chi connectivity index (χ2v) is 5.46. The van der Waals surface area contributed by atoms with Gasteiger partial charge in [0.05, 0.1) is 7.11 Å². The molecule has 2 bridgehead atoms. The van der Waals surface area contributed by atoms with E-state index in [0.717, 1.165) is 24.2 Å². The molecule has 2 unspecified atom stereocenters. The van der Waals surface area contributed by atoms with Crippen molar-refractivity contribution in [3.8, 4) is 5.75 Å². The summed E-state index contributed by atoms with van der Waals surface area (Å²) in [5.41, 5.74) is 0.869. The maximum Gasteiger partial charge on any atom is 0.136 e. The number of carbonyl (C=O) groups is 1. The molecule has 1 aromatic carbocycles. The van der Waals surface area contributed by atoms with Crippen LogP contribution >= 0.6 is 0 Å². The summed E-state index contributed by atoms with van der Waals surface area (Å²) < 4.78 is 18.7. The summed E-state index contributed by atoms with van der Waals surface area (Å²) in [5, 5.41) is 0. The van der Waals surface area contributed by atoms with Crippen LogP contribution in [0.4, 0.5) is 4.39 Å². The molecule has 2 aliphatic rings. The summed E-state index contributed by atoms with van der Waals surface area (Å²) in [7, 11) is 1.60. The van der Waals surface area contributed by atoms with Gasteiger partial charge in [0.2, 0.25) is 0 Å². The third kappa shape index (κ3) is 2.37. The van der Waals surface area contributed by atoms with Crippen LogP contribution in [0.2, 0.25) is 0 Å². The average Bonchev–Trinajstić information content (AvgIpc) is 2.62. The van der Waals surface area contributed by atoms with Gasteiger partial charge in [-0.25, -0.2) is 4.39 Å². The fourth-order valence-corrected chi connectivity index (χ4v) is 3.39. The van der Waals surface area contributed by atoms with E-state index < -0.39 is 0 Å². The number of Topliss-reactive ketones (excluding diaryl/α,β-unsaturated/α-hetero) is 1. The number of ketones is 1. The Hall–Kier alpha value is -1.42. The van der Waals surface area contributed by atoms with Gasteiger partial charge in [-0.15, -0.1) is 0 Å². The van der Waals surface area contributed by atoms with Crippen LogP contribution in [0.15, 0.2) is 18.2 Å². The number of carbonyl (C=O) groups excluding carboxylic acids is 1. The summed E-state index contributed by atoms with van der Waals surface area (Å²) in [5.74, 6) is 0.851. The van der Waals surface area contributed by atoms with Crippen LogP contribution in [0.25, 0.3) is 0 Å². The molecule has 0 amide bonds. The van der Waals surface area contributed by atoms with E-state index in [9.17, 15) is 9.18 Å². The molecule has 2 heterocycles. The van der Waals surface area contributed by atoms with Crippen molar-refractivity contribution in [1.29, 1.82) is 0 Å². The minimum absolute atomic E-state index is 0.240. The molecular weight excluding hydrogens is 245 g/mol. The fraction of sp³-hybridized carbons (Fsp3) is 0.533. The first-order valence-corrected chi connectivity index (χ1v) is 6.77. The van der Waals surface area contributed by atoms with Crippen molar-refractivity contribution < 1.29 is 13.9 Å². The molecule has 0 spiro atoms. The van der Waals surface area contributed by atoms with E-state index in [1.54, 1.807) is 13.2 Å². The first kappa shape index (κ1) is 12.6. The number of rotatable bonds is 3. The molecule has 0 saturated carbocycles. The van der Waals surface area contributed by atoms with Gasteiger partial charge >= 0.3 is 0 Å². The fourth-order valence-electron chi connectivity index (χ4n) is 3.39. The summed E-state index contributed by atoms with van der Waals surface area (Å²) >= 11 is 0. The standard InChI is InChI=1S/C15H18FNO2/c1-19-15-5-2-11(16)6-10(15)9-17-12-3-4-13(17)8-14(18)7-12/h2,5-6,12-13H,3-4,7-9H2,1H3. The van der Waals surface area contributed by atoms with Crippen molar-refractivity contribution in [3.63, 3.8) is 0 Å². The minimum atomic E-state index is -0.240. The molecule has 2 saturated heterocycles. The molecule has 0 N–H and O–H groups in total. The number of halogens is 1. The molecule has 3 nitrogen and oxygen atoms in total. The zero-order valence-electron chi connectivity index (χ0n) is 11.1. The lowest BCUT2D eigenvalue weighted by atomic mass is 10.0. The molecule has 3 rings (SSSR count). The number of nitrogens with zero attached hydrogens (tertiary/aromatic N) is 1. The van der Waals surface area contributed by atoms with Gasteiger partial charge in [-0.2, -0.15) is 0 Å². The lowest BCUT2D eigenvalue weighted by Gasteiger charge is -2.34. The number of piperidine rings is 1. The van der Waals surface area contributed by atoms with Crippen LogP contribution in [0, 0.1) is 5.82 Å². The second kappa shape index (κ2) is 4.93. The molecule has 0 aromatic heterocycles. The van der Waals surface area contributed by atoms with Gasteiger partial charge in [-0.05, 0) is 31.0 Å². The third-order valence-electron chi connectivity index (χ3n) is 4.29. The van der Waals surface area contributed by atoms with E-state index in [0.29, 0.717) is 37.3 Å². The number of benzene rings is 1. The monoisotopic (exact) mass is 263 g/mol. The Bertz CT molecular complexity index is 487. The smallest absolute Gasteiger partial charge is 0.136 e. The largest absolute Gasteiger partial charge is 0.496 e. The van der Waals surface area contributed by atoms with Gasteiger partial charge < -0.3 is 4.74 Å². The highest BCUT2D eigenvalue weighted by molar-refractivity contribution is 5.80. The van der Waals surface area contributed by atoms with Gasteiger partial charge in [0, 0.05) is 37.0 Å². The van der Waals surface area contributed by atoms with Gasteiger partial charge in [0.25, 0.3) is 0 Å². The summed E-state index contributed by atoms with van der Waals surface area (Å²) in [6.45, 7) is 0.670. The first-order chi connectivity index (χ1) is 9.17. The second-order valence-electron chi connectivity index (χ2n) is 5.46. The van der Waals surface area contributed by atoms with Gasteiger partial charge in [-0.1, -0.05) is 0 Å². The van der Waals surface area contributed by atoms with Crippen molar-refractivity contribution in [3.05, 3.63) is 29.6 Å². The Morgan fingerprint density at radius 2 is 2.00 bits per heavy atom. The Morgan fingerprint density at radius 3 is 2.63 bits per heavy atom. The summed E-state index contributed by atoms with van der Waals surface area (Å²) in [6.07, 6.45) is 3.45. The zero-order valence-corrected chi connectivity index (χ0v) is 11.1. The van der Waals surface area contributed by atoms with E-state index >= 15 is 0 Å². The quantitative estimate of drug-likeness (QED) is 0.839. The molecule has 2 fully saturated rings. The predicted molar refractivity (Wildman–Crippen MR) is 69.5 cm³/mol. The molecule has 19 heavy (non-hydrogen) atoms. The number of hydrogen-bond donors (Lipinski definition) is 0. The normalized spacial score (nSPS) is 26.7. The summed E-state index contributed by atoms with van der Waals surface area (Å²) in [4.78, 5) is 13.9. The zero-order chi connectivity index (χ0) is 13.4. The van der Waals surface area contributed by atoms with Crippen LogP contribution in [0.5, 0.6) is 5.75 Å². The molecule has 0 radical (unpaired) electrons.